The van der Waals surface area contributed by atoms with Crippen molar-refractivity contribution in [1.29, 1.82) is 0 Å². The zero-order valence-electron chi connectivity index (χ0n) is 37.6. The van der Waals surface area contributed by atoms with Crippen molar-refractivity contribution in [3.63, 3.8) is 0 Å². The van der Waals surface area contributed by atoms with Crippen LogP contribution >= 0.6 is 0 Å². The molecule has 0 fully saturated rings. The first-order valence-electron chi connectivity index (χ1n) is 23.7. The Morgan fingerprint density at radius 2 is 0.797 bits per heavy atom. The average Bonchev–Trinajstić information content (AvgIpc) is 3.95. The van der Waals surface area contributed by atoms with Crippen LogP contribution in [0.1, 0.15) is 44.5 Å². The van der Waals surface area contributed by atoms with Gasteiger partial charge in [0.1, 0.15) is 22.7 Å². The van der Waals surface area contributed by atoms with Gasteiger partial charge in [0, 0.05) is 50.4 Å². The van der Waals surface area contributed by atoms with E-state index in [4.69, 9.17) is 9.15 Å². The number of anilines is 3. The number of hydrogen-bond donors (Lipinski definition) is 0. The number of para-hydroxylation sites is 2. The molecular weight excluding hydrogens is 839 g/mol. The van der Waals surface area contributed by atoms with Crippen molar-refractivity contribution >= 4 is 49.8 Å². The van der Waals surface area contributed by atoms with E-state index in [1.807, 2.05) is 0 Å². The normalized spacial score (nSPS) is 13.9. The molecule has 14 rings (SSSR count). The summed E-state index contributed by atoms with van der Waals surface area (Å²) in [6.07, 6.45) is 0. The molecule has 1 aliphatic heterocycles. The molecule has 1 aliphatic carbocycles. The highest BCUT2D eigenvalue weighted by Gasteiger charge is 2.47. The number of furan rings is 1. The summed E-state index contributed by atoms with van der Waals surface area (Å²) in [5, 5.41) is 4.47. The van der Waals surface area contributed by atoms with Crippen molar-refractivity contribution in [3.8, 4) is 22.6 Å². The molecular formula is C66H43NO2. The van der Waals surface area contributed by atoms with E-state index in [2.05, 4.69) is 266 Å². The molecule has 11 aromatic carbocycles. The van der Waals surface area contributed by atoms with Gasteiger partial charge < -0.3 is 14.1 Å². The van der Waals surface area contributed by atoms with E-state index in [9.17, 15) is 0 Å². The number of benzene rings is 11. The minimum Gasteiger partial charge on any atom is -0.457 e. The van der Waals surface area contributed by atoms with Crippen LogP contribution in [0.15, 0.2) is 265 Å². The fourth-order valence-electron chi connectivity index (χ4n) is 12.0. The fourth-order valence-corrected chi connectivity index (χ4v) is 12.0. The van der Waals surface area contributed by atoms with E-state index >= 15 is 0 Å². The Balaban J connectivity index is 1.00. The summed E-state index contributed by atoms with van der Waals surface area (Å²) in [6.45, 7) is 0. The van der Waals surface area contributed by atoms with Gasteiger partial charge in [-0.2, -0.15) is 0 Å². The molecule has 0 saturated heterocycles. The first-order valence-corrected chi connectivity index (χ1v) is 23.7. The Morgan fingerprint density at radius 1 is 0.304 bits per heavy atom. The molecule has 12 aromatic rings. The summed E-state index contributed by atoms with van der Waals surface area (Å²) < 4.78 is 13.6. The van der Waals surface area contributed by atoms with E-state index in [0.717, 1.165) is 78.0 Å². The van der Waals surface area contributed by atoms with Crippen molar-refractivity contribution in [3.05, 3.63) is 305 Å². The third-order valence-electron chi connectivity index (χ3n) is 14.9. The SMILES string of the molecule is c1ccc(C2(c3cccc(N(c4ccc(C5(c6ccccc6)c6ccccc6-c6ccccc65)cc4)c4ccc5c(c4)oc4c6ccccc6ccc54)c3)c3ccccc3Oc3ccccc32)cc1. The second-order valence-electron chi connectivity index (χ2n) is 18.3. The molecule has 2 aliphatic rings. The second kappa shape index (κ2) is 15.3. The van der Waals surface area contributed by atoms with Gasteiger partial charge in [-0.25, -0.2) is 0 Å². The van der Waals surface area contributed by atoms with Crippen LogP contribution in [0.2, 0.25) is 0 Å². The minimum atomic E-state index is -0.687. The van der Waals surface area contributed by atoms with Crippen molar-refractivity contribution in [2.75, 3.05) is 4.90 Å². The molecule has 0 radical (unpaired) electrons. The highest BCUT2D eigenvalue weighted by molar-refractivity contribution is 6.15. The van der Waals surface area contributed by atoms with Crippen LogP contribution in [0.3, 0.4) is 0 Å². The Kier molecular flexibility index (Phi) is 8.71. The van der Waals surface area contributed by atoms with E-state index < -0.39 is 10.8 Å². The first-order chi connectivity index (χ1) is 34.2. The lowest BCUT2D eigenvalue weighted by Crippen LogP contribution is -2.34. The molecule has 3 nitrogen and oxygen atoms in total. The Labute approximate surface area is 400 Å². The van der Waals surface area contributed by atoms with Crippen LogP contribution in [0.25, 0.3) is 43.8 Å². The quantitative estimate of drug-likeness (QED) is 0.159. The molecule has 0 N–H and O–H groups in total. The number of nitrogens with zero attached hydrogens (tertiary/aromatic N) is 1. The van der Waals surface area contributed by atoms with E-state index in [0.29, 0.717) is 0 Å². The van der Waals surface area contributed by atoms with Gasteiger partial charge in [0.2, 0.25) is 0 Å². The molecule has 324 valence electrons. The van der Waals surface area contributed by atoms with Gasteiger partial charge in [-0.15, -0.1) is 0 Å². The van der Waals surface area contributed by atoms with Crippen LogP contribution in [0.4, 0.5) is 17.1 Å². The number of fused-ring (bicyclic) bond motifs is 10. The predicted molar refractivity (Wildman–Crippen MR) is 282 cm³/mol. The second-order valence-corrected chi connectivity index (χ2v) is 18.3. The third kappa shape index (κ3) is 5.68. The van der Waals surface area contributed by atoms with Crippen LogP contribution in [-0.2, 0) is 10.8 Å². The van der Waals surface area contributed by atoms with Gasteiger partial charge in [-0.3, -0.25) is 0 Å². The highest BCUT2D eigenvalue weighted by atomic mass is 16.5. The summed E-state index contributed by atoms with van der Waals surface area (Å²) in [7, 11) is 0. The van der Waals surface area contributed by atoms with Crippen molar-refractivity contribution in [2.24, 2.45) is 0 Å². The summed E-state index contributed by atoms with van der Waals surface area (Å²) in [6, 6.07) is 94.7. The number of rotatable bonds is 7. The highest BCUT2D eigenvalue weighted by Crippen LogP contribution is 2.58. The standard InChI is InChI=1S/C66H43NO2/c1-3-19-45(20-4-1)65(57-28-11-9-26-53(57)54-27-10-12-29-58(54)65)47-35-37-49(38-36-47)67(51-39-41-55-56-40-34-44-18-7-8-25-52(44)64(56)69-63(55)43-51)50-24-17-23-48(42-50)66(46-21-5-2-6-22-46)59-30-13-15-32-61(59)68-62-33-16-14-31-60(62)66/h1-43H. The number of hydrogen-bond acceptors (Lipinski definition) is 3. The van der Waals surface area contributed by atoms with Gasteiger partial charge >= 0.3 is 0 Å². The lowest BCUT2D eigenvalue weighted by Gasteiger charge is -2.42. The molecule has 0 unspecified atom stereocenters. The summed E-state index contributed by atoms with van der Waals surface area (Å²) in [5.41, 5.74) is 15.7. The van der Waals surface area contributed by atoms with Crippen LogP contribution < -0.4 is 9.64 Å². The molecule has 0 atom stereocenters. The van der Waals surface area contributed by atoms with Crippen molar-refractivity contribution in [1.82, 2.24) is 0 Å². The van der Waals surface area contributed by atoms with Crippen molar-refractivity contribution in [2.45, 2.75) is 10.8 Å². The topological polar surface area (TPSA) is 25.6 Å². The maximum absolute atomic E-state index is 6.87. The van der Waals surface area contributed by atoms with E-state index in [1.54, 1.807) is 0 Å². The first kappa shape index (κ1) is 39.3. The van der Waals surface area contributed by atoms with Crippen molar-refractivity contribution < 1.29 is 9.15 Å². The van der Waals surface area contributed by atoms with Crippen LogP contribution in [0, 0.1) is 0 Å². The minimum absolute atomic E-state index is 0.514. The van der Waals surface area contributed by atoms with E-state index in [1.165, 1.54) is 38.9 Å². The maximum Gasteiger partial charge on any atom is 0.143 e. The molecule has 2 heterocycles. The van der Waals surface area contributed by atoms with Crippen LogP contribution in [0.5, 0.6) is 11.5 Å². The monoisotopic (exact) mass is 881 g/mol. The Hall–Kier alpha value is -8.92. The summed E-state index contributed by atoms with van der Waals surface area (Å²) in [4.78, 5) is 2.39. The lowest BCUT2D eigenvalue weighted by molar-refractivity contribution is 0.434. The molecule has 3 heteroatoms. The molecule has 0 spiro atoms. The third-order valence-corrected chi connectivity index (χ3v) is 14.9. The largest absolute Gasteiger partial charge is 0.457 e. The number of ether oxygens (including phenoxy) is 1. The molecule has 0 amide bonds. The van der Waals surface area contributed by atoms with E-state index in [-0.39, 0.29) is 0 Å². The zero-order chi connectivity index (χ0) is 45.5. The molecule has 69 heavy (non-hydrogen) atoms. The van der Waals surface area contributed by atoms with Gasteiger partial charge in [0.15, 0.2) is 0 Å². The van der Waals surface area contributed by atoms with Gasteiger partial charge in [0.25, 0.3) is 0 Å². The Bertz CT molecular complexity index is 3850. The fraction of sp³-hybridized carbons (Fsp3) is 0.0303. The summed E-state index contributed by atoms with van der Waals surface area (Å²) in [5.74, 6) is 1.70. The lowest BCUT2D eigenvalue weighted by atomic mass is 9.63. The zero-order valence-corrected chi connectivity index (χ0v) is 37.6. The molecule has 0 bridgehead atoms. The maximum atomic E-state index is 6.87. The van der Waals surface area contributed by atoms with Crippen LogP contribution in [-0.4, -0.2) is 0 Å². The summed E-state index contributed by atoms with van der Waals surface area (Å²) >= 11 is 0. The van der Waals surface area contributed by atoms with Gasteiger partial charge in [-0.05, 0) is 104 Å². The smallest absolute Gasteiger partial charge is 0.143 e. The van der Waals surface area contributed by atoms with Gasteiger partial charge in [-0.1, -0.05) is 200 Å². The average molecular weight is 882 g/mol. The Morgan fingerprint density at radius 3 is 1.46 bits per heavy atom. The van der Waals surface area contributed by atoms with Gasteiger partial charge in [0.05, 0.1) is 10.8 Å². The molecule has 0 saturated carbocycles. The predicted octanol–water partition coefficient (Wildman–Crippen LogP) is 17.1. The molecule has 1 aromatic heterocycles.